The van der Waals surface area contributed by atoms with Gasteiger partial charge in [-0.05, 0) is 55.0 Å². The van der Waals surface area contributed by atoms with Gasteiger partial charge in [-0.1, -0.05) is 29.3 Å². The maximum Gasteiger partial charge on any atom is 0.238 e. The van der Waals surface area contributed by atoms with Gasteiger partial charge in [-0.3, -0.25) is 0 Å². The van der Waals surface area contributed by atoms with Crippen molar-refractivity contribution in [3.05, 3.63) is 52.0 Å². The van der Waals surface area contributed by atoms with Crippen LogP contribution >= 0.6 is 35.4 Å². The van der Waals surface area contributed by atoms with Crippen LogP contribution in [-0.4, -0.2) is 13.5 Å². The first kappa shape index (κ1) is 18.0. The maximum atomic E-state index is 11.5. The quantitative estimate of drug-likeness (QED) is 0.695. The fourth-order valence-electron chi connectivity index (χ4n) is 1.90. The van der Waals surface area contributed by atoms with Crippen molar-refractivity contribution in [1.29, 1.82) is 0 Å². The highest BCUT2D eigenvalue weighted by molar-refractivity contribution is 7.89. The van der Waals surface area contributed by atoms with E-state index in [9.17, 15) is 8.42 Å². The van der Waals surface area contributed by atoms with Gasteiger partial charge in [-0.2, -0.15) is 0 Å². The van der Waals surface area contributed by atoms with Gasteiger partial charge in [-0.25, -0.2) is 13.6 Å². The molecule has 0 unspecified atom stereocenters. The molecule has 0 fully saturated rings. The zero-order valence-corrected chi connectivity index (χ0v) is 15.1. The average Bonchev–Trinajstić information content (AvgIpc) is 2.38. The smallest absolute Gasteiger partial charge is 0.238 e. The lowest BCUT2D eigenvalue weighted by Crippen LogP contribution is -2.20. The SMILES string of the molecule is Cc1ccc(NC(=S)Nc2cc(Cl)cc(Cl)c2)cc1S(N)(=O)=O. The van der Waals surface area contributed by atoms with E-state index in [0.29, 0.717) is 27.0 Å². The van der Waals surface area contributed by atoms with Crippen molar-refractivity contribution in [3.63, 3.8) is 0 Å². The lowest BCUT2D eigenvalue weighted by atomic mass is 10.2. The second kappa shape index (κ2) is 7.02. The van der Waals surface area contributed by atoms with Gasteiger partial charge in [0.25, 0.3) is 0 Å². The molecule has 2 aromatic carbocycles. The topological polar surface area (TPSA) is 84.2 Å². The highest BCUT2D eigenvalue weighted by atomic mass is 35.5. The predicted octanol–water partition coefficient (Wildman–Crippen LogP) is 3.76. The largest absolute Gasteiger partial charge is 0.332 e. The highest BCUT2D eigenvalue weighted by Gasteiger charge is 2.12. The van der Waals surface area contributed by atoms with Crippen LogP contribution in [0.3, 0.4) is 0 Å². The Hall–Kier alpha value is -1.38. The van der Waals surface area contributed by atoms with E-state index in [1.807, 2.05) is 0 Å². The van der Waals surface area contributed by atoms with Crippen molar-refractivity contribution < 1.29 is 8.42 Å². The van der Waals surface area contributed by atoms with Crippen molar-refractivity contribution in [2.75, 3.05) is 10.6 Å². The number of benzene rings is 2. The summed E-state index contributed by atoms with van der Waals surface area (Å²) in [7, 11) is -3.80. The molecule has 0 saturated carbocycles. The summed E-state index contributed by atoms with van der Waals surface area (Å²) in [4.78, 5) is 0.0381. The minimum Gasteiger partial charge on any atom is -0.332 e. The monoisotopic (exact) mass is 389 g/mol. The first-order valence-corrected chi connectivity index (χ1v) is 9.04. The number of halogens is 2. The number of anilines is 2. The lowest BCUT2D eigenvalue weighted by Gasteiger charge is -2.13. The van der Waals surface area contributed by atoms with E-state index in [1.165, 1.54) is 6.07 Å². The molecule has 0 amide bonds. The van der Waals surface area contributed by atoms with Crippen LogP contribution in [0.2, 0.25) is 10.0 Å². The number of thiocarbonyl (C=S) groups is 1. The van der Waals surface area contributed by atoms with Gasteiger partial charge in [0.2, 0.25) is 10.0 Å². The van der Waals surface area contributed by atoms with Gasteiger partial charge < -0.3 is 10.6 Å². The van der Waals surface area contributed by atoms with Crippen LogP contribution in [0, 0.1) is 6.92 Å². The summed E-state index contributed by atoms with van der Waals surface area (Å²) in [6.07, 6.45) is 0. The summed E-state index contributed by atoms with van der Waals surface area (Å²) < 4.78 is 23.1. The third-order valence-corrected chi connectivity index (χ3v) is 4.57. The third-order valence-electron chi connectivity index (χ3n) is 2.87. The van der Waals surface area contributed by atoms with Gasteiger partial charge in [0.05, 0.1) is 4.90 Å². The zero-order valence-electron chi connectivity index (χ0n) is 11.9. The average molecular weight is 390 g/mol. The molecular weight excluding hydrogens is 377 g/mol. The van der Waals surface area contributed by atoms with Crippen LogP contribution in [0.1, 0.15) is 5.56 Å². The first-order chi connectivity index (χ1) is 10.6. The van der Waals surface area contributed by atoms with Gasteiger partial charge >= 0.3 is 0 Å². The summed E-state index contributed by atoms with van der Waals surface area (Å²) in [6, 6.07) is 9.68. The lowest BCUT2D eigenvalue weighted by molar-refractivity contribution is 0.597. The predicted molar refractivity (Wildman–Crippen MR) is 98.9 cm³/mol. The number of rotatable bonds is 3. The van der Waals surface area contributed by atoms with E-state index in [0.717, 1.165) is 0 Å². The fourth-order valence-corrected chi connectivity index (χ4v) is 3.47. The molecule has 0 aliphatic heterocycles. The fraction of sp³-hybridized carbons (Fsp3) is 0.0714. The van der Waals surface area contributed by atoms with E-state index in [1.54, 1.807) is 37.3 Å². The molecule has 2 rings (SSSR count). The molecule has 0 saturated heterocycles. The van der Waals surface area contributed by atoms with Crippen LogP contribution < -0.4 is 15.8 Å². The number of nitrogens with one attached hydrogen (secondary N) is 2. The number of aryl methyl sites for hydroxylation is 1. The van der Waals surface area contributed by atoms with Gasteiger partial charge in [0, 0.05) is 21.4 Å². The minimum atomic E-state index is -3.80. The van der Waals surface area contributed by atoms with Gasteiger partial charge in [0.15, 0.2) is 5.11 Å². The number of hydrogen-bond acceptors (Lipinski definition) is 3. The van der Waals surface area contributed by atoms with E-state index in [4.69, 9.17) is 40.6 Å². The third kappa shape index (κ3) is 5.05. The molecule has 122 valence electrons. The molecular formula is C14H13Cl2N3O2S2. The maximum absolute atomic E-state index is 11.5. The Morgan fingerprint density at radius 1 is 1.04 bits per heavy atom. The molecule has 9 heteroatoms. The second-order valence-corrected chi connectivity index (χ2v) is 7.57. The summed E-state index contributed by atoms with van der Waals surface area (Å²) >= 11 is 17.0. The number of primary sulfonamides is 1. The van der Waals surface area contributed by atoms with Gasteiger partial charge in [-0.15, -0.1) is 0 Å². The molecule has 0 atom stereocenters. The molecule has 0 aromatic heterocycles. The Labute approximate surface area is 149 Å². The Kier molecular flexibility index (Phi) is 5.49. The number of nitrogens with two attached hydrogens (primary N) is 1. The van der Waals surface area contributed by atoms with E-state index in [2.05, 4.69) is 10.6 Å². The number of sulfonamides is 1. The number of hydrogen-bond donors (Lipinski definition) is 3. The molecule has 0 heterocycles. The van der Waals surface area contributed by atoms with Gasteiger partial charge in [0.1, 0.15) is 0 Å². The molecule has 5 nitrogen and oxygen atoms in total. The van der Waals surface area contributed by atoms with Crippen molar-refractivity contribution in [1.82, 2.24) is 0 Å². The summed E-state index contributed by atoms with van der Waals surface area (Å²) in [5.74, 6) is 0. The first-order valence-electron chi connectivity index (χ1n) is 6.33. The molecule has 0 aliphatic rings. The van der Waals surface area contributed by atoms with Crippen LogP contribution in [-0.2, 0) is 10.0 Å². The van der Waals surface area contributed by atoms with Crippen molar-refractivity contribution in [2.45, 2.75) is 11.8 Å². The Bertz CT molecular complexity index is 850. The minimum absolute atomic E-state index is 0.0381. The Morgan fingerprint density at radius 2 is 1.61 bits per heavy atom. The molecule has 2 aromatic rings. The molecule has 0 aliphatic carbocycles. The van der Waals surface area contributed by atoms with Crippen LogP contribution in [0.25, 0.3) is 0 Å². The molecule has 4 N–H and O–H groups in total. The molecule has 0 bridgehead atoms. The normalized spacial score (nSPS) is 11.1. The summed E-state index contributed by atoms with van der Waals surface area (Å²) in [5.41, 5.74) is 1.66. The highest BCUT2D eigenvalue weighted by Crippen LogP contribution is 2.23. The summed E-state index contributed by atoms with van der Waals surface area (Å²) in [5, 5.41) is 12.2. The zero-order chi connectivity index (χ0) is 17.2. The van der Waals surface area contributed by atoms with Crippen molar-refractivity contribution in [3.8, 4) is 0 Å². The van der Waals surface area contributed by atoms with Crippen molar-refractivity contribution >= 4 is 61.9 Å². The van der Waals surface area contributed by atoms with E-state index in [-0.39, 0.29) is 10.0 Å². The summed E-state index contributed by atoms with van der Waals surface area (Å²) in [6.45, 7) is 1.66. The standard InChI is InChI=1S/C14H13Cl2N3O2S2/c1-8-2-3-11(7-13(8)23(17,20)21)18-14(22)19-12-5-9(15)4-10(16)6-12/h2-7H,1H3,(H2,17,20,21)(H2,18,19,22). The second-order valence-electron chi connectivity index (χ2n) is 4.76. The van der Waals surface area contributed by atoms with Crippen LogP contribution in [0.5, 0.6) is 0 Å². The van der Waals surface area contributed by atoms with E-state index >= 15 is 0 Å². The van der Waals surface area contributed by atoms with Crippen LogP contribution in [0.15, 0.2) is 41.3 Å². The van der Waals surface area contributed by atoms with E-state index < -0.39 is 10.0 Å². The van der Waals surface area contributed by atoms with Crippen LogP contribution in [0.4, 0.5) is 11.4 Å². The molecule has 0 spiro atoms. The van der Waals surface area contributed by atoms with Crippen molar-refractivity contribution in [2.24, 2.45) is 5.14 Å². The Balaban J connectivity index is 2.17. The Morgan fingerprint density at radius 3 is 2.17 bits per heavy atom. The molecule has 0 radical (unpaired) electrons. The molecule has 23 heavy (non-hydrogen) atoms.